The summed E-state index contributed by atoms with van der Waals surface area (Å²) < 4.78 is 77.9. The lowest BCUT2D eigenvalue weighted by molar-refractivity contribution is -0.139. The van der Waals surface area contributed by atoms with E-state index in [2.05, 4.69) is 5.32 Å². The molecular formula is C23H25F3N2O5S. The third-order valence-electron chi connectivity index (χ3n) is 6.06. The van der Waals surface area contributed by atoms with E-state index in [9.17, 15) is 26.4 Å². The summed E-state index contributed by atoms with van der Waals surface area (Å²) in [7, 11) is -4.34. The Bertz CT molecular complexity index is 1160. The van der Waals surface area contributed by atoms with Crippen molar-refractivity contribution in [3.8, 4) is 11.5 Å². The Morgan fingerprint density at radius 3 is 2.38 bits per heavy atom. The topological polar surface area (TPSA) is 84.9 Å². The van der Waals surface area contributed by atoms with E-state index in [1.54, 1.807) is 6.07 Å². The summed E-state index contributed by atoms with van der Waals surface area (Å²) in [5, 5.41) is 2.93. The second-order valence-electron chi connectivity index (χ2n) is 8.31. The minimum atomic E-state index is -4.79. The number of nitrogens with one attached hydrogen (secondary N) is 1. The average molecular weight is 499 g/mol. The van der Waals surface area contributed by atoms with E-state index in [1.807, 2.05) is 19.1 Å². The molecule has 4 rings (SSSR count). The quantitative estimate of drug-likeness (QED) is 0.679. The number of carbonyl (C=O) groups excluding carboxylic acids is 1. The molecule has 1 atom stereocenters. The molecule has 184 valence electrons. The van der Waals surface area contributed by atoms with Crippen molar-refractivity contribution in [3.63, 3.8) is 0 Å². The van der Waals surface area contributed by atoms with Gasteiger partial charge in [0.25, 0.3) is 0 Å². The molecular weight excluding hydrogens is 473 g/mol. The predicted octanol–water partition coefficient (Wildman–Crippen LogP) is 3.75. The molecule has 1 N–H and O–H groups in total. The van der Waals surface area contributed by atoms with E-state index in [0.29, 0.717) is 24.7 Å². The first-order valence-corrected chi connectivity index (χ1v) is 12.4. The summed E-state index contributed by atoms with van der Waals surface area (Å²) in [4.78, 5) is 12.0. The highest BCUT2D eigenvalue weighted by Crippen LogP contribution is 2.36. The lowest BCUT2D eigenvalue weighted by Crippen LogP contribution is -2.43. The molecule has 0 saturated carbocycles. The monoisotopic (exact) mass is 498 g/mol. The van der Waals surface area contributed by atoms with Crippen molar-refractivity contribution in [1.29, 1.82) is 0 Å². The number of sulfonamides is 1. The molecule has 0 radical (unpaired) electrons. The summed E-state index contributed by atoms with van der Waals surface area (Å²) in [6.07, 6.45) is -4.36. The number of halogens is 3. The molecule has 34 heavy (non-hydrogen) atoms. The number of carbonyl (C=O) groups is 1. The zero-order valence-electron chi connectivity index (χ0n) is 18.5. The Balaban J connectivity index is 1.39. The number of alkyl halides is 3. The van der Waals surface area contributed by atoms with Gasteiger partial charge < -0.3 is 14.8 Å². The highest BCUT2D eigenvalue weighted by molar-refractivity contribution is 7.89. The lowest BCUT2D eigenvalue weighted by Gasteiger charge is -2.31. The highest BCUT2D eigenvalue weighted by atomic mass is 32.2. The number of hydrogen-bond donors (Lipinski definition) is 1. The molecule has 0 aromatic heterocycles. The van der Waals surface area contributed by atoms with E-state index < -0.39 is 32.6 Å². The lowest BCUT2D eigenvalue weighted by atomic mass is 9.96. The van der Waals surface area contributed by atoms with Gasteiger partial charge >= 0.3 is 6.18 Å². The molecule has 2 aliphatic rings. The van der Waals surface area contributed by atoms with Crippen LogP contribution in [0.2, 0.25) is 0 Å². The Labute approximate surface area is 195 Å². The van der Waals surface area contributed by atoms with Crippen molar-refractivity contribution in [1.82, 2.24) is 9.62 Å². The van der Waals surface area contributed by atoms with Gasteiger partial charge in [0.2, 0.25) is 15.9 Å². The van der Waals surface area contributed by atoms with Crippen molar-refractivity contribution in [3.05, 3.63) is 53.6 Å². The standard InChI is InChI=1S/C23H25F3N2O5S/c1-15(17-6-7-19-20(14-17)33-13-12-32-19)27-22(29)16-8-10-28(11-9-16)34(30,31)21-5-3-2-4-18(21)23(24,25)26/h2-7,14-16H,8-13H2,1H3,(H,27,29)/t15-/m1/s1. The van der Waals surface area contributed by atoms with Crippen LogP contribution in [0.1, 0.15) is 36.9 Å². The summed E-state index contributed by atoms with van der Waals surface area (Å²) >= 11 is 0. The third kappa shape index (κ3) is 5.00. The molecule has 7 nitrogen and oxygen atoms in total. The van der Waals surface area contributed by atoms with Crippen LogP contribution < -0.4 is 14.8 Å². The molecule has 0 spiro atoms. The highest BCUT2D eigenvalue weighted by Gasteiger charge is 2.40. The number of nitrogens with zero attached hydrogens (tertiary/aromatic N) is 1. The normalized spacial score (nSPS) is 18.4. The van der Waals surface area contributed by atoms with E-state index in [0.717, 1.165) is 28.1 Å². The minimum absolute atomic E-state index is 0.0367. The fraction of sp³-hybridized carbons (Fsp3) is 0.435. The van der Waals surface area contributed by atoms with E-state index in [4.69, 9.17) is 9.47 Å². The zero-order valence-corrected chi connectivity index (χ0v) is 19.3. The first-order valence-electron chi connectivity index (χ1n) is 10.9. The van der Waals surface area contributed by atoms with Gasteiger partial charge in [0, 0.05) is 19.0 Å². The number of ether oxygens (including phenoxy) is 2. The van der Waals surface area contributed by atoms with Crippen LogP contribution in [-0.4, -0.2) is 44.9 Å². The molecule has 11 heteroatoms. The summed E-state index contributed by atoms with van der Waals surface area (Å²) in [6, 6.07) is 9.26. The molecule has 0 unspecified atom stereocenters. The Hall–Kier alpha value is -2.79. The third-order valence-corrected chi connectivity index (χ3v) is 8.02. The van der Waals surface area contributed by atoms with Gasteiger partial charge in [0.15, 0.2) is 11.5 Å². The number of rotatable bonds is 5. The molecule has 2 aromatic carbocycles. The van der Waals surface area contributed by atoms with E-state index in [-0.39, 0.29) is 37.9 Å². The fourth-order valence-electron chi connectivity index (χ4n) is 4.17. The average Bonchev–Trinajstić information content (AvgIpc) is 2.83. The first kappa shape index (κ1) is 24.3. The maximum Gasteiger partial charge on any atom is 0.417 e. The molecule has 2 heterocycles. The number of fused-ring (bicyclic) bond motifs is 1. The number of hydrogen-bond acceptors (Lipinski definition) is 5. The molecule has 0 bridgehead atoms. The number of benzene rings is 2. The smallest absolute Gasteiger partial charge is 0.417 e. The van der Waals surface area contributed by atoms with Crippen molar-refractivity contribution >= 4 is 15.9 Å². The van der Waals surface area contributed by atoms with Crippen LogP contribution in [0.15, 0.2) is 47.4 Å². The van der Waals surface area contributed by atoms with Gasteiger partial charge in [0.05, 0.1) is 16.5 Å². The Morgan fingerprint density at radius 1 is 1.06 bits per heavy atom. The van der Waals surface area contributed by atoms with Crippen LogP contribution in [0.5, 0.6) is 11.5 Å². The van der Waals surface area contributed by atoms with Gasteiger partial charge in [-0.05, 0) is 49.6 Å². The first-order chi connectivity index (χ1) is 16.1. The fourth-order valence-corrected chi connectivity index (χ4v) is 5.85. The number of piperidine rings is 1. The van der Waals surface area contributed by atoms with E-state index >= 15 is 0 Å². The molecule has 1 fully saturated rings. The van der Waals surface area contributed by atoms with Gasteiger partial charge in [-0.3, -0.25) is 4.79 Å². The van der Waals surface area contributed by atoms with Gasteiger partial charge in [0.1, 0.15) is 13.2 Å². The maximum absolute atomic E-state index is 13.3. The molecule has 1 amide bonds. The second kappa shape index (κ2) is 9.46. The predicted molar refractivity (Wildman–Crippen MR) is 117 cm³/mol. The molecule has 2 aromatic rings. The van der Waals surface area contributed by atoms with Crippen LogP contribution in [0.3, 0.4) is 0 Å². The van der Waals surface area contributed by atoms with Crippen LogP contribution >= 0.6 is 0 Å². The van der Waals surface area contributed by atoms with Crippen LogP contribution in [0.25, 0.3) is 0 Å². The van der Waals surface area contributed by atoms with Crippen LogP contribution in [-0.2, 0) is 21.0 Å². The zero-order chi connectivity index (χ0) is 24.5. The summed E-state index contributed by atoms with van der Waals surface area (Å²) in [5.74, 6) is 0.593. The van der Waals surface area contributed by atoms with Gasteiger partial charge in [-0.1, -0.05) is 18.2 Å². The molecule has 2 aliphatic heterocycles. The molecule has 1 saturated heterocycles. The summed E-state index contributed by atoms with van der Waals surface area (Å²) in [6.45, 7) is 2.69. The van der Waals surface area contributed by atoms with Gasteiger partial charge in [-0.15, -0.1) is 0 Å². The maximum atomic E-state index is 13.3. The van der Waals surface area contributed by atoms with Gasteiger partial charge in [-0.2, -0.15) is 17.5 Å². The number of amides is 1. The van der Waals surface area contributed by atoms with Crippen molar-refractivity contribution in [2.75, 3.05) is 26.3 Å². The van der Waals surface area contributed by atoms with Gasteiger partial charge in [-0.25, -0.2) is 8.42 Å². The van der Waals surface area contributed by atoms with E-state index in [1.165, 1.54) is 6.07 Å². The minimum Gasteiger partial charge on any atom is -0.486 e. The SMILES string of the molecule is C[C@@H](NC(=O)C1CCN(S(=O)(=O)c2ccccc2C(F)(F)F)CC1)c1ccc2c(c1)OCCO2. The van der Waals surface area contributed by atoms with Crippen molar-refractivity contribution < 1.29 is 35.9 Å². The van der Waals surface area contributed by atoms with Crippen molar-refractivity contribution in [2.24, 2.45) is 5.92 Å². The van der Waals surface area contributed by atoms with Crippen molar-refractivity contribution in [2.45, 2.75) is 36.9 Å². The second-order valence-corrected chi connectivity index (χ2v) is 10.2. The summed E-state index contributed by atoms with van der Waals surface area (Å²) in [5.41, 5.74) is -0.357. The Kier molecular flexibility index (Phi) is 6.77. The van der Waals surface area contributed by atoms with Crippen LogP contribution in [0.4, 0.5) is 13.2 Å². The van der Waals surface area contributed by atoms with Crippen LogP contribution in [0, 0.1) is 5.92 Å². The Morgan fingerprint density at radius 2 is 1.71 bits per heavy atom. The largest absolute Gasteiger partial charge is 0.486 e. The molecule has 0 aliphatic carbocycles.